The number of rotatable bonds is 6. The summed E-state index contributed by atoms with van der Waals surface area (Å²) in [6, 6.07) is 3.18. The van der Waals surface area contributed by atoms with Gasteiger partial charge in [-0.05, 0) is 49.8 Å². The van der Waals surface area contributed by atoms with E-state index in [0.717, 1.165) is 50.5 Å². The molecule has 0 radical (unpaired) electrons. The first-order valence-electron chi connectivity index (χ1n) is 10.5. The highest BCUT2D eigenvalue weighted by Gasteiger charge is 2.29. The van der Waals surface area contributed by atoms with Crippen LogP contribution < -0.4 is 10.6 Å². The van der Waals surface area contributed by atoms with Gasteiger partial charge in [0.1, 0.15) is 29.6 Å². The highest BCUT2D eigenvalue weighted by Crippen LogP contribution is 2.30. The molecule has 0 unspecified atom stereocenters. The molecule has 9 heteroatoms. The average Bonchev–Trinajstić information content (AvgIpc) is 3.57. The number of amides is 2. The van der Waals surface area contributed by atoms with Gasteiger partial charge in [0.15, 0.2) is 0 Å². The number of carbonyl (C=O) groups is 2. The van der Waals surface area contributed by atoms with Crippen LogP contribution >= 0.6 is 0 Å². The van der Waals surface area contributed by atoms with E-state index in [-0.39, 0.29) is 24.1 Å². The lowest BCUT2D eigenvalue weighted by Gasteiger charge is -2.32. The lowest BCUT2D eigenvalue weighted by molar-refractivity contribution is -0.115. The molecule has 2 aliphatic heterocycles. The highest BCUT2D eigenvalue weighted by molar-refractivity contribution is 6.46. The standard InChI is InChI=1S/C22H25F2N5O2/c23-16-2-1-3-17(24)19(16)21(30)28-18-6-9-25-13-26-20(18)22(31)27-15-7-10-29(11-8-15)12-14-4-5-14/h1-3,6,9,14-15H,4-5,7-8,10-13H2,(H,27,31)(H,28,30). The number of nitrogens with zero attached hydrogens (tertiary/aromatic N) is 3. The summed E-state index contributed by atoms with van der Waals surface area (Å²) >= 11 is 0. The number of likely N-dealkylation sites (tertiary alicyclic amines) is 1. The molecule has 2 heterocycles. The molecule has 1 aromatic carbocycles. The number of halogens is 2. The van der Waals surface area contributed by atoms with Crippen molar-refractivity contribution in [3.05, 3.63) is 47.2 Å². The van der Waals surface area contributed by atoms with Crippen LogP contribution in [0.5, 0.6) is 0 Å². The molecule has 0 atom stereocenters. The molecule has 1 saturated carbocycles. The smallest absolute Gasteiger partial charge is 0.271 e. The van der Waals surface area contributed by atoms with E-state index >= 15 is 0 Å². The maximum Gasteiger partial charge on any atom is 0.271 e. The van der Waals surface area contributed by atoms with Crippen molar-refractivity contribution in [2.75, 3.05) is 26.3 Å². The number of hydrogen-bond donors (Lipinski definition) is 2. The van der Waals surface area contributed by atoms with Crippen LogP contribution in [0.25, 0.3) is 0 Å². The van der Waals surface area contributed by atoms with Crippen LogP contribution in [0.1, 0.15) is 36.0 Å². The van der Waals surface area contributed by atoms with Gasteiger partial charge in [0.2, 0.25) is 0 Å². The molecule has 0 aromatic heterocycles. The minimum Gasteiger partial charge on any atom is -0.348 e. The summed E-state index contributed by atoms with van der Waals surface area (Å²) in [5, 5.41) is 5.39. The number of aliphatic imine (C=N–C) groups is 2. The zero-order chi connectivity index (χ0) is 21.8. The van der Waals surface area contributed by atoms with Gasteiger partial charge in [-0.25, -0.2) is 8.78 Å². The summed E-state index contributed by atoms with van der Waals surface area (Å²) in [5.74, 6) is -2.57. The molecule has 1 aliphatic carbocycles. The number of benzene rings is 1. The Labute approximate surface area is 179 Å². The topological polar surface area (TPSA) is 86.2 Å². The number of hydrogen-bond acceptors (Lipinski definition) is 5. The Hall–Kier alpha value is -2.94. The van der Waals surface area contributed by atoms with Gasteiger partial charge in [0.25, 0.3) is 11.8 Å². The molecule has 3 aliphatic rings. The molecular weight excluding hydrogens is 404 g/mol. The van der Waals surface area contributed by atoms with Gasteiger partial charge >= 0.3 is 0 Å². The predicted octanol–water partition coefficient (Wildman–Crippen LogP) is 2.05. The maximum absolute atomic E-state index is 14.0. The molecule has 0 bridgehead atoms. The Bertz CT molecular complexity index is 927. The molecule has 2 fully saturated rings. The largest absolute Gasteiger partial charge is 0.348 e. The van der Waals surface area contributed by atoms with Gasteiger partial charge in [-0.1, -0.05) is 6.07 Å². The van der Waals surface area contributed by atoms with E-state index in [4.69, 9.17) is 0 Å². The lowest BCUT2D eigenvalue weighted by atomic mass is 10.0. The van der Waals surface area contributed by atoms with Crippen molar-refractivity contribution in [2.45, 2.75) is 31.7 Å². The van der Waals surface area contributed by atoms with Crippen molar-refractivity contribution in [3.8, 4) is 0 Å². The van der Waals surface area contributed by atoms with Gasteiger partial charge in [-0.2, -0.15) is 0 Å². The van der Waals surface area contributed by atoms with E-state index < -0.39 is 29.0 Å². The summed E-state index contributed by atoms with van der Waals surface area (Å²) in [6.45, 7) is 3.02. The van der Waals surface area contributed by atoms with Gasteiger partial charge in [-0.15, -0.1) is 0 Å². The summed E-state index contributed by atoms with van der Waals surface area (Å²) in [7, 11) is 0. The molecule has 2 amide bonds. The fraction of sp³-hybridized carbons (Fsp3) is 0.455. The normalized spacial score (nSPS) is 19.9. The van der Waals surface area contributed by atoms with Crippen LogP contribution in [0.3, 0.4) is 0 Å². The summed E-state index contributed by atoms with van der Waals surface area (Å²) in [6.07, 6.45) is 7.11. The monoisotopic (exact) mass is 429 g/mol. The van der Waals surface area contributed by atoms with E-state index in [2.05, 4.69) is 25.5 Å². The maximum atomic E-state index is 14.0. The summed E-state index contributed by atoms with van der Waals surface area (Å²) in [5.41, 5.74) is -0.673. The van der Waals surface area contributed by atoms with Crippen LogP contribution in [0.15, 0.2) is 40.0 Å². The molecular formula is C22H25F2N5O2. The molecule has 4 rings (SSSR count). The minimum absolute atomic E-state index is 0.00999. The second-order valence-corrected chi connectivity index (χ2v) is 8.10. The third-order valence-corrected chi connectivity index (χ3v) is 5.70. The second kappa shape index (κ2) is 9.47. The number of allylic oxidation sites excluding steroid dienone is 1. The molecule has 164 valence electrons. The van der Waals surface area contributed by atoms with E-state index in [1.54, 1.807) is 0 Å². The van der Waals surface area contributed by atoms with Crippen molar-refractivity contribution < 1.29 is 18.4 Å². The van der Waals surface area contributed by atoms with Crippen molar-refractivity contribution in [1.82, 2.24) is 15.5 Å². The number of nitrogens with one attached hydrogen (secondary N) is 2. The van der Waals surface area contributed by atoms with E-state index in [9.17, 15) is 18.4 Å². The first-order chi connectivity index (χ1) is 15.0. The van der Waals surface area contributed by atoms with Crippen LogP contribution in [0.4, 0.5) is 8.78 Å². The molecule has 2 N–H and O–H groups in total. The molecule has 0 spiro atoms. The van der Waals surface area contributed by atoms with Crippen molar-refractivity contribution in [1.29, 1.82) is 0 Å². The van der Waals surface area contributed by atoms with E-state index in [1.807, 2.05) is 0 Å². The Balaban J connectivity index is 1.39. The first kappa shape index (κ1) is 21.3. The average molecular weight is 429 g/mol. The minimum atomic E-state index is -0.994. The van der Waals surface area contributed by atoms with E-state index in [1.165, 1.54) is 31.2 Å². The van der Waals surface area contributed by atoms with Crippen LogP contribution in [0.2, 0.25) is 0 Å². The number of carbonyl (C=O) groups excluding carboxylic acids is 2. The summed E-state index contributed by atoms with van der Waals surface area (Å²) < 4.78 is 27.9. The quantitative estimate of drug-likeness (QED) is 0.726. The number of piperidine rings is 1. The Morgan fingerprint density at radius 2 is 1.77 bits per heavy atom. The second-order valence-electron chi connectivity index (χ2n) is 8.10. The molecule has 1 aromatic rings. The summed E-state index contributed by atoms with van der Waals surface area (Å²) in [4.78, 5) is 36.0. The molecule has 1 saturated heterocycles. The predicted molar refractivity (Wildman–Crippen MR) is 113 cm³/mol. The van der Waals surface area contributed by atoms with Crippen molar-refractivity contribution in [3.63, 3.8) is 0 Å². The van der Waals surface area contributed by atoms with Crippen LogP contribution in [-0.2, 0) is 4.79 Å². The van der Waals surface area contributed by atoms with Crippen molar-refractivity contribution >= 4 is 23.7 Å². The van der Waals surface area contributed by atoms with Gasteiger partial charge in [0.05, 0.1) is 5.70 Å². The molecule has 7 nitrogen and oxygen atoms in total. The Morgan fingerprint density at radius 1 is 1.06 bits per heavy atom. The van der Waals surface area contributed by atoms with Crippen LogP contribution in [0, 0.1) is 17.6 Å². The van der Waals surface area contributed by atoms with Gasteiger partial charge < -0.3 is 15.5 Å². The van der Waals surface area contributed by atoms with Gasteiger partial charge in [-0.3, -0.25) is 19.6 Å². The van der Waals surface area contributed by atoms with E-state index in [0.29, 0.717) is 0 Å². The zero-order valence-electron chi connectivity index (χ0n) is 17.1. The zero-order valence-corrected chi connectivity index (χ0v) is 17.1. The fourth-order valence-corrected chi connectivity index (χ4v) is 3.82. The first-order valence-corrected chi connectivity index (χ1v) is 10.5. The Morgan fingerprint density at radius 3 is 2.45 bits per heavy atom. The Kier molecular flexibility index (Phi) is 6.50. The third-order valence-electron chi connectivity index (χ3n) is 5.70. The molecule has 31 heavy (non-hydrogen) atoms. The fourth-order valence-electron chi connectivity index (χ4n) is 3.82. The highest BCUT2D eigenvalue weighted by atomic mass is 19.1. The van der Waals surface area contributed by atoms with Crippen molar-refractivity contribution in [2.24, 2.45) is 15.9 Å². The van der Waals surface area contributed by atoms with Gasteiger partial charge in [0, 0.05) is 31.9 Å². The third kappa shape index (κ3) is 5.41. The SMILES string of the molecule is O=C(NC1CCN(CC2CC2)CC1)C1=NCN=CC=C1NC(=O)c1c(F)cccc1F. The van der Waals surface area contributed by atoms with Crippen LogP contribution in [-0.4, -0.2) is 61.0 Å². The lowest BCUT2D eigenvalue weighted by Crippen LogP contribution is -2.48.